The van der Waals surface area contributed by atoms with E-state index in [2.05, 4.69) is 167 Å². The Bertz CT molecular complexity index is 3340. The Hall–Kier alpha value is -8.88. The number of ether oxygens (including phenoxy) is 3. The van der Waals surface area contributed by atoms with Crippen molar-refractivity contribution in [3.63, 3.8) is 0 Å². The van der Waals surface area contributed by atoms with Gasteiger partial charge in [0.2, 0.25) is 0 Å². The van der Waals surface area contributed by atoms with Gasteiger partial charge in [0, 0.05) is 28.4 Å². The lowest BCUT2D eigenvalue weighted by atomic mass is 9.92. The van der Waals surface area contributed by atoms with Crippen molar-refractivity contribution in [1.82, 2.24) is 0 Å². The number of hydrogen-bond donors (Lipinski definition) is 0. The Kier molecular flexibility index (Phi) is 9.82. The SMILES string of the molecule is CC1C/C=C(\c2ccc(N3c4ccccc4Oc4ccccc43)cc2)N=C(C2=CCC(N3c4ccccc4Oc4ccccc43)C=C2)N=C1c1ccc(N2c3ccccc3Oc3ccccc32)cc1. The summed E-state index contributed by atoms with van der Waals surface area (Å²) in [4.78, 5) is 18.0. The van der Waals surface area contributed by atoms with Crippen LogP contribution in [-0.2, 0) is 0 Å². The smallest absolute Gasteiger partial charge is 0.159 e. The van der Waals surface area contributed by atoms with Crippen molar-refractivity contribution in [2.24, 2.45) is 15.9 Å². The summed E-state index contributed by atoms with van der Waals surface area (Å²) in [6, 6.07) is 66.8. The summed E-state index contributed by atoms with van der Waals surface area (Å²) in [5, 5.41) is 0. The average Bonchev–Trinajstić information content (AvgIpc) is 3.40. The van der Waals surface area contributed by atoms with Crippen LogP contribution in [0, 0.1) is 5.92 Å². The highest BCUT2D eigenvalue weighted by Gasteiger charge is 2.31. The zero-order valence-corrected chi connectivity index (χ0v) is 37.8. The van der Waals surface area contributed by atoms with Crippen LogP contribution >= 0.6 is 0 Å². The molecule has 69 heavy (non-hydrogen) atoms. The summed E-state index contributed by atoms with van der Waals surface area (Å²) >= 11 is 0. The number of rotatable bonds is 6. The van der Waals surface area contributed by atoms with Gasteiger partial charge in [0.15, 0.2) is 40.3 Å². The molecule has 13 rings (SSSR count). The number of nitrogens with zero attached hydrogens (tertiary/aromatic N) is 5. The van der Waals surface area contributed by atoms with Crippen LogP contribution in [0.1, 0.15) is 30.9 Å². The van der Waals surface area contributed by atoms with Gasteiger partial charge in [0.1, 0.15) is 0 Å². The average molecular weight is 896 g/mol. The predicted molar refractivity (Wildman–Crippen MR) is 279 cm³/mol. The van der Waals surface area contributed by atoms with E-state index in [1.54, 1.807) is 0 Å². The number of allylic oxidation sites excluding steroid dienone is 1. The van der Waals surface area contributed by atoms with Gasteiger partial charge in [-0.15, -0.1) is 0 Å². The second-order valence-electron chi connectivity index (χ2n) is 17.7. The van der Waals surface area contributed by atoms with Crippen molar-refractivity contribution in [2.45, 2.75) is 25.8 Å². The van der Waals surface area contributed by atoms with Gasteiger partial charge in [-0.3, -0.25) is 0 Å². The van der Waals surface area contributed by atoms with Crippen molar-refractivity contribution in [3.8, 4) is 34.5 Å². The Labute approximate surface area is 401 Å². The minimum absolute atomic E-state index is 0.0532. The molecule has 0 N–H and O–H groups in total. The van der Waals surface area contributed by atoms with Crippen LogP contribution in [0.15, 0.2) is 234 Å². The fourth-order valence-corrected chi connectivity index (χ4v) is 10.1. The molecular weight excluding hydrogens is 851 g/mol. The Morgan fingerprint density at radius 2 is 0.826 bits per heavy atom. The molecule has 2 atom stereocenters. The molecule has 8 nitrogen and oxygen atoms in total. The summed E-state index contributed by atoms with van der Waals surface area (Å²) in [6.07, 6.45) is 10.6. The molecule has 0 bridgehead atoms. The number of hydrogen-bond acceptors (Lipinski definition) is 8. The van der Waals surface area contributed by atoms with Gasteiger partial charge in [0.25, 0.3) is 0 Å². The van der Waals surface area contributed by atoms with Gasteiger partial charge in [-0.1, -0.05) is 128 Å². The van der Waals surface area contributed by atoms with Crippen molar-refractivity contribution < 1.29 is 14.2 Å². The molecule has 5 aliphatic rings. The van der Waals surface area contributed by atoms with Crippen molar-refractivity contribution in [3.05, 3.63) is 235 Å². The van der Waals surface area contributed by atoms with E-state index in [4.69, 9.17) is 24.2 Å². The standard InChI is InChI=1S/C61H45N5O3/c1-40-26-39-47(41-27-33-44(34-28-41)64-48-14-2-8-20-54(48)67-55-21-9-3-15-49(55)64)62-61(43-31-37-46(38-32-43)66-52-18-6-12-24-58(52)69-59-25-13-7-19-53(59)66)63-60(40)42-29-35-45(36-30-42)65-50-16-4-10-22-56(50)68-57-23-11-5-17-51(57)65/h2-25,27-37,39-40,46H,26,38H2,1H3/b47-39+,62-61?,63-60?. The van der Waals surface area contributed by atoms with Crippen LogP contribution < -0.4 is 28.9 Å². The maximum atomic E-state index is 6.36. The van der Waals surface area contributed by atoms with E-state index < -0.39 is 0 Å². The number of para-hydroxylation sites is 12. The molecule has 0 spiro atoms. The molecule has 1 aliphatic carbocycles. The molecular formula is C61H45N5O3. The van der Waals surface area contributed by atoms with E-state index in [0.29, 0.717) is 5.84 Å². The first-order valence-corrected chi connectivity index (χ1v) is 23.6. The summed E-state index contributed by atoms with van der Waals surface area (Å²) in [6.45, 7) is 2.27. The van der Waals surface area contributed by atoms with Gasteiger partial charge in [-0.2, -0.15) is 0 Å². The van der Waals surface area contributed by atoms with Crippen LogP contribution in [0.5, 0.6) is 34.5 Å². The van der Waals surface area contributed by atoms with Crippen molar-refractivity contribution >= 4 is 62.7 Å². The van der Waals surface area contributed by atoms with Crippen LogP contribution in [0.4, 0.5) is 45.5 Å². The van der Waals surface area contributed by atoms with E-state index in [0.717, 1.165) is 121 Å². The van der Waals surface area contributed by atoms with Gasteiger partial charge in [-0.25, -0.2) is 9.98 Å². The molecule has 4 heterocycles. The molecule has 0 aromatic heterocycles. The summed E-state index contributed by atoms with van der Waals surface area (Å²) < 4.78 is 19.0. The van der Waals surface area contributed by atoms with E-state index in [1.165, 1.54) is 0 Å². The first-order chi connectivity index (χ1) is 34.1. The van der Waals surface area contributed by atoms with Crippen LogP contribution in [-0.4, -0.2) is 17.6 Å². The Balaban J connectivity index is 0.873. The topological polar surface area (TPSA) is 62.1 Å². The lowest BCUT2D eigenvalue weighted by Crippen LogP contribution is -2.32. The largest absolute Gasteiger partial charge is 0.453 e. The minimum Gasteiger partial charge on any atom is -0.453 e. The van der Waals surface area contributed by atoms with Gasteiger partial charge in [0.05, 0.1) is 51.6 Å². The molecule has 0 radical (unpaired) electrons. The summed E-state index contributed by atoms with van der Waals surface area (Å²) in [7, 11) is 0. The Morgan fingerprint density at radius 3 is 1.26 bits per heavy atom. The molecule has 0 saturated carbocycles. The molecule has 4 aliphatic heterocycles. The van der Waals surface area contributed by atoms with Gasteiger partial charge in [-0.05, 0) is 115 Å². The maximum Gasteiger partial charge on any atom is 0.159 e. The number of amidine groups is 1. The van der Waals surface area contributed by atoms with E-state index in [1.807, 2.05) is 72.8 Å². The van der Waals surface area contributed by atoms with Gasteiger partial charge >= 0.3 is 0 Å². The fourth-order valence-electron chi connectivity index (χ4n) is 10.1. The van der Waals surface area contributed by atoms with Crippen molar-refractivity contribution in [2.75, 3.05) is 14.7 Å². The summed E-state index contributed by atoms with van der Waals surface area (Å²) in [5.41, 5.74) is 13.1. The second kappa shape index (κ2) is 16.8. The number of fused-ring (bicyclic) bond motifs is 6. The second-order valence-corrected chi connectivity index (χ2v) is 17.7. The maximum absolute atomic E-state index is 6.36. The van der Waals surface area contributed by atoms with Crippen LogP contribution in [0.2, 0.25) is 0 Å². The molecule has 0 amide bonds. The number of benzene rings is 8. The first kappa shape index (κ1) is 40.4. The monoisotopic (exact) mass is 895 g/mol. The molecule has 2 unspecified atom stereocenters. The third-order valence-electron chi connectivity index (χ3n) is 13.4. The molecule has 0 fully saturated rings. The lowest BCUT2D eigenvalue weighted by molar-refractivity contribution is 0.470. The third-order valence-corrected chi connectivity index (χ3v) is 13.4. The third kappa shape index (κ3) is 7.16. The highest BCUT2D eigenvalue weighted by molar-refractivity contribution is 6.15. The molecule has 332 valence electrons. The molecule has 8 aromatic carbocycles. The normalized spacial score (nSPS) is 18.2. The Morgan fingerprint density at radius 1 is 0.420 bits per heavy atom. The van der Waals surface area contributed by atoms with Crippen molar-refractivity contribution in [1.29, 1.82) is 0 Å². The van der Waals surface area contributed by atoms with E-state index >= 15 is 0 Å². The molecule has 8 heteroatoms. The van der Waals surface area contributed by atoms with Crippen LogP contribution in [0.25, 0.3) is 5.70 Å². The van der Waals surface area contributed by atoms with Gasteiger partial charge < -0.3 is 28.9 Å². The zero-order valence-electron chi connectivity index (χ0n) is 37.8. The minimum atomic E-state index is 0.0532. The molecule has 8 aromatic rings. The highest BCUT2D eigenvalue weighted by Crippen LogP contribution is 2.52. The molecule has 0 saturated heterocycles. The number of aliphatic imine (C=N–C) groups is 2. The first-order valence-electron chi connectivity index (χ1n) is 23.6. The number of anilines is 8. The highest BCUT2D eigenvalue weighted by atomic mass is 16.5. The lowest BCUT2D eigenvalue weighted by Gasteiger charge is -2.38. The zero-order chi connectivity index (χ0) is 45.8. The van der Waals surface area contributed by atoms with E-state index in [9.17, 15) is 0 Å². The quantitative estimate of drug-likeness (QED) is 0.166. The van der Waals surface area contributed by atoms with E-state index in [-0.39, 0.29) is 12.0 Å². The fraction of sp³-hybridized carbons (Fsp3) is 0.0820. The summed E-state index contributed by atoms with van der Waals surface area (Å²) in [5.74, 6) is 5.77. The van der Waals surface area contributed by atoms with Crippen LogP contribution in [0.3, 0.4) is 0 Å². The predicted octanol–water partition coefficient (Wildman–Crippen LogP) is 16.3.